The van der Waals surface area contributed by atoms with E-state index >= 15 is 0 Å². The smallest absolute Gasteiger partial charge is 0.331 e. The summed E-state index contributed by atoms with van der Waals surface area (Å²) in [6.45, 7) is 0. The van der Waals surface area contributed by atoms with E-state index in [4.69, 9.17) is 4.74 Å². The van der Waals surface area contributed by atoms with E-state index in [0.29, 0.717) is 0 Å². The maximum absolute atomic E-state index is 11.9. The van der Waals surface area contributed by atoms with Crippen molar-refractivity contribution in [1.82, 2.24) is 0 Å². The van der Waals surface area contributed by atoms with Crippen molar-refractivity contribution in [3.05, 3.63) is 66.2 Å². The molecule has 0 radical (unpaired) electrons. The lowest BCUT2D eigenvalue weighted by molar-refractivity contribution is -0.139. The fourth-order valence-electron chi connectivity index (χ4n) is 2.51. The third-order valence-corrected chi connectivity index (χ3v) is 3.45. The number of carbonyl (C=O) groups is 1. The van der Waals surface area contributed by atoms with E-state index in [9.17, 15) is 4.79 Å². The molecule has 0 unspecified atom stereocenters. The highest BCUT2D eigenvalue weighted by Crippen LogP contribution is 2.47. The molecule has 1 heterocycles. The van der Waals surface area contributed by atoms with E-state index in [1.807, 2.05) is 60.7 Å². The topological polar surface area (TPSA) is 29.3 Å². The van der Waals surface area contributed by atoms with Crippen molar-refractivity contribution in [2.45, 2.75) is 12.1 Å². The highest BCUT2D eigenvalue weighted by atomic mass is 16.5. The van der Waals surface area contributed by atoms with Gasteiger partial charge in [-0.15, -0.1) is 0 Å². The lowest BCUT2D eigenvalue weighted by Crippen LogP contribution is -2.13. The minimum atomic E-state index is -0.213. The lowest BCUT2D eigenvalue weighted by Gasteiger charge is -2.05. The molecule has 0 aliphatic carbocycles. The van der Waals surface area contributed by atoms with Gasteiger partial charge < -0.3 is 9.64 Å². The molecule has 1 aliphatic heterocycles. The third kappa shape index (κ3) is 2.08. The molecular weight excluding hydrogens is 238 g/mol. The number of esters is 1. The third-order valence-electron chi connectivity index (χ3n) is 3.45. The fourth-order valence-corrected chi connectivity index (χ4v) is 2.51. The first-order chi connectivity index (χ1) is 9.33. The number of hydrogen-bond acceptors (Lipinski definition) is 3. The van der Waals surface area contributed by atoms with Crippen LogP contribution in [0.4, 0.5) is 5.69 Å². The number of methoxy groups -OCH3 is 1. The van der Waals surface area contributed by atoms with Crippen LogP contribution in [-0.4, -0.2) is 19.1 Å². The van der Waals surface area contributed by atoms with E-state index in [1.165, 1.54) is 7.11 Å². The molecule has 0 bridgehead atoms. The molecule has 2 aromatic rings. The molecule has 1 fully saturated rings. The molecule has 3 nitrogen and oxygen atoms in total. The van der Waals surface area contributed by atoms with E-state index in [2.05, 4.69) is 4.90 Å². The Bertz CT molecular complexity index is 522. The number of nitrogens with zero attached hydrogens (tertiary/aromatic N) is 1. The van der Waals surface area contributed by atoms with Gasteiger partial charge in [-0.25, -0.2) is 4.79 Å². The van der Waals surface area contributed by atoms with Gasteiger partial charge in [0.15, 0.2) is 6.04 Å². The average Bonchev–Trinajstić information content (AvgIpc) is 3.24. The van der Waals surface area contributed by atoms with Crippen LogP contribution in [0.3, 0.4) is 0 Å². The van der Waals surface area contributed by atoms with Gasteiger partial charge in [-0.2, -0.15) is 0 Å². The molecular formula is C16H15NO2. The van der Waals surface area contributed by atoms with Crippen molar-refractivity contribution in [3.8, 4) is 0 Å². The van der Waals surface area contributed by atoms with Gasteiger partial charge in [-0.3, -0.25) is 0 Å². The van der Waals surface area contributed by atoms with Crippen LogP contribution in [0.2, 0.25) is 0 Å². The maximum atomic E-state index is 11.9. The number of carbonyl (C=O) groups excluding carboxylic acids is 1. The first-order valence-electron chi connectivity index (χ1n) is 6.29. The summed E-state index contributed by atoms with van der Waals surface area (Å²) < 4.78 is 4.90. The van der Waals surface area contributed by atoms with E-state index in [0.717, 1.165) is 11.3 Å². The van der Waals surface area contributed by atoms with Crippen molar-refractivity contribution in [1.29, 1.82) is 0 Å². The summed E-state index contributed by atoms with van der Waals surface area (Å²) >= 11 is 0. The summed E-state index contributed by atoms with van der Waals surface area (Å²) in [4.78, 5) is 14.0. The van der Waals surface area contributed by atoms with Gasteiger partial charge in [-0.1, -0.05) is 48.5 Å². The Morgan fingerprint density at radius 3 is 2.16 bits per heavy atom. The summed E-state index contributed by atoms with van der Waals surface area (Å²) in [5.41, 5.74) is 2.19. The second-order valence-corrected chi connectivity index (χ2v) is 4.57. The highest BCUT2D eigenvalue weighted by molar-refractivity contribution is 5.88. The summed E-state index contributed by atoms with van der Waals surface area (Å²) in [6.07, 6.45) is 0. The number of rotatable bonds is 3. The molecule has 0 amide bonds. The summed E-state index contributed by atoms with van der Waals surface area (Å²) in [5.74, 6) is -0.183. The second-order valence-electron chi connectivity index (χ2n) is 4.57. The van der Waals surface area contributed by atoms with Crippen molar-refractivity contribution in [2.24, 2.45) is 0 Å². The molecule has 1 aliphatic rings. The minimum absolute atomic E-state index is 0.0797. The number of hydrogen-bond donors (Lipinski definition) is 0. The Morgan fingerprint density at radius 1 is 1.00 bits per heavy atom. The lowest BCUT2D eigenvalue weighted by atomic mass is 10.1. The Labute approximate surface area is 112 Å². The van der Waals surface area contributed by atoms with Crippen molar-refractivity contribution in [2.75, 3.05) is 12.0 Å². The van der Waals surface area contributed by atoms with Crippen LogP contribution in [0.5, 0.6) is 0 Å². The summed E-state index contributed by atoms with van der Waals surface area (Å²) in [6, 6.07) is 19.9. The second kappa shape index (κ2) is 4.76. The van der Waals surface area contributed by atoms with Crippen molar-refractivity contribution >= 4 is 11.7 Å². The minimum Gasteiger partial charge on any atom is -0.467 e. The Morgan fingerprint density at radius 2 is 1.58 bits per heavy atom. The summed E-state index contributed by atoms with van der Waals surface area (Å²) in [7, 11) is 1.44. The van der Waals surface area contributed by atoms with Crippen LogP contribution in [0.15, 0.2) is 60.7 Å². The highest BCUT2D eigenvalue weighted by Gasteiger charge is 2.54. The first-order valence-corrected chi connectivity index (χ1v) is 6.29. The number of ether oxygens (including phenoxy) is 1. The molecule has 3 heteroatoms. The molecule has 0 spiro atoms. The van der Waals surface area contributed by atoms with E-state index in [1.54, 1.807) is 0 Å². The van der Waals surface area contributed by atoms with Gasteiger partial charge in [0.25, 0.3) is 0 Å². The van der Waals surface area contributed by atoms with Crippen LogP contribution in [-0.2, 0) is 9.53 Å². The average molecular weight is 253 g/mol. The molecule has 1 saturated heterocycles. The van der Waals surface area contributed by atoms with Crippen LogP contribution < -0.4 is 4.90 Å². The number of anilines is 1. The number of benzene rings is 2. The fraction of sp³-hybridized carbons (Fsp3) is 0.188. The predicted molar refractivity (Wildman–Crippen MR) is 73.9 cm³/mol. The molecule has 2 aromatic carbocycles. The monoisotopic (exact) mass is 253 g/mol. The zero-order chi connectivity index (χ0) is 13.2. The zero-order valence-electron chi connectivity index (χ0n) is 10.7. The molecule has 19 heavy (non-hydrogen) atoms. The summed E-state index contributed by atoms with van der Waals surface area (Å²) in [5, 5.41) is 0. The number of para-hydroxylation sites is 1. The molecule has 0 aromatic heterocycles. The molecule has 2 atom stereocenters. The van der Waals surface area contributed by atoms with E-state index in [-0.39, 0.29) is 18.1 Å². The Balaban J connectivity index is 1.93. The van der Waals surface area contributed by atoms with Gasteiger partial charge >= 0.3 is 5.97 Å². The SMILES string of the molecule is COC(=O)[C@@H]1[C@H](c2ccccc2)N1c1ccccc1. The molecule has 3 rings (SSSR count). The largest absolute Gasteiger partial charge is 0.467 e. The van der Waals surface area contributed by atoms with Crippen LogP contribution in [0.1, 0.15) is 11.6 Å². The van der Waals surface area contributed by atoms with Gasteiger partial charge in [-0.05, 0) is 17.7 Å². The predicted octanol–water partition coefficient (Wildman–Crippen LogP) is 2.79. The van der Waals surface area contributed by atoms with Gasteiger partial charge in [0.2, 0.25) is 0 Å². The molecule has 96 valence electrons. The van der Waals surface area contributed by atoms with Crippen LogP contribution >= 0.6 is 0 Å². The zero-order valence-corrected chi connectivity index (χ0v) is 10.7. The Kier molecular flexibility index (Phi) is 2.95. The normalized spacial score (nSPS) is 21.0. The Hall–Kier alpha value is -2.29. The standard InChI is InChI=1S/C16H15NO2/c1-19-16(18)15-14(12-8-4-2-5-9-12)17(15)13-10-6-3-7-11-13/h2-11,14-15H,1H3/t14-,15-,17?/m0/s1. The van der Waals surface area contributed by atoms with Crippen LogP contribution in [0.25, 0.3) is 0 Å². The van der Waals surface area contributed by atoms with Gasteiger partial charge in [0.05, 0.1) is 13.2 Å². The van der Waals surface area contributed by atoms with Crippen LogP contribution in [0, 0.1) is 0 Å². The van der Waals surface area contributed by atoms with Crippen molar-refractivity contribution in [3.63, 3.8) is 0 Å². The van der Waals surface area contributed by atoms with Gasteiger partial charge in [0.1, 0.15) is 0 Å². The van der Waals surface area contributed by atoms with Gasteiger partial charge in [0, 0.05) is 5.69 Å². The first kappa shape index (κ1) is 11.8. The molecule has 0 saturated carbocycles. The van der Waals surface area contributed by atoms with E-state index < -0.39 is 0 Å². The quantitative estimate of drug-likeness (QED) is 0.622. The van der Waals surface area contributed by atoms with Crippen molar-refractivity contribution < 1.29 is 9.53 Å². The molecule has 0 N–H and O–H groups in total. The maximum Gasteiger partial charge on any atom is 0.331 e.